The molecule has 162 valence electrons. The highest BCUT2D eigenvalue weighted by Gasteiger charge is 2.31. The minimum absolute atomic E-state index is 0.441. The van der Waals surface area contributed by atoms with Gasteiger partial charge in [0.05, 0.1) is 17.0 Å². The van der Waals surface area contributed by atoms with E-state index in [4.69, 9.17) is 4.98 Å². The van der Waals surface area contributed by atoms with Gasteiger partial charge in [-0.05, 0) is 36.6 Å². The average molecular weight is 433 g/mol. The number of benzene rings is 1. The van der Waals surface area contributed by atoms with Crippen LogP contribution in [0.15, 0.2) is 60.7 Å². The number of allylic oxidation sites excluding steroid dienone is 5. The van der Waals surface area contributed by atoms with E-state index in [9.17, 15) is 13.2 Å². The van der Waals surface area contributed by atoms with Gasteiger partial charge in [0.25, 0.3) is 0 Å². The summed E-state index contributed by atoms with van der Waals surface area (Å²) in [5, 5.41) is 0. The maximum absolute atomic E-state index is 13.4. The highest BCUT2D eigenvalue weighted by atomic mass is 19.4. The summed E-state index contributed by atoms with van der Waals surface area (Å²) in [4.78, 5) is 11.4. The van der Waals surface area contributed by atoms with Crippen molar-refractivity contribution in [3.8, 4) is 22.6 Å². The van der Waals surface area contributed by atoms with Gasteiger partial charge in [0.2, 0.25) is 0 Å². The van der Waals surface area contributed by atoms with Gasteiger partial charge in [0, 0.05) is 28.6 Å². The molecular weight excluding hydrogens is 410 g/mol. The second kappa shape index (κ2) is 8.57. The molecular formula is C25H23BF3N3. The molecule has 0 spiro atoms. The number of halogens is 3. The van der Waals surface area contributed by atoms with E-state index in [-0.39, 0.29) is 0 Å². The molecule has 0 unspecified atom stereocenters. The fourth-order valence-electron chi connectivity index (χ4n) is 3.82. The van der Waals surface area contributed by atoms with Crippen molar-refractivity contribution in [2.45, 2.75) is 25.9 Å². The van der Waals surface area contributed by atoms with E-state index in [1.165, 1.54) is 6.07 Å². The number of hydrogen-bond acceptors (Lipinski definition) is 1. The highest BCUT2D eigenvalue weighted by Crippen LogP contribution is 2.37. The fraction of sp³-hybridized carbons (Fsp3) is 0.160. The Bertz CT molecular complexity index is 1250. The van der Waals surface area contributed by atoms with Crippen LogP contribution in [0.4, 0.5) is 13.2 Å². The zero-order valence-electron chi connectivity index (χ0n) is 18.0. The smallest absolute Gasteiger partial charge is 0.360 e. The number of nitrogens with one attached hydrogen (secondary N) is 2. The Kier molecular flexibility index (Phi) is 5.83. The normalized spacial score (nSPS) is 14.5. The van der Waals surface area contributed by atoms with Crippen LogP contribution in [0.5, 0.6) is 0 Å². The third-order valence-corrected chi connectivity index (χ3v) is 5.30. The number of nitrogens with zero attached hydrogens (tertiary/aromatic N) is 1. The minimum atomic E-state index is -4.42. The summed E-state index contributed by atoms with van der Waals surface area (Å²) < 4.78 is 40.1. The Morgan fingerprint density at radius 1 is 1.25 bits per heavy atom. The van der Waals surface area contributed by atoms with Gasteiger partial charge in [-0.25, -0.2) is 4.98 Å². The number of aromatic nitrogens is 3. The van der Waals surface area contributed by atoms with Gasteiger partial charge in [-0.1, -0.05) is 49.9 Å². The minimum Gasteiger partial charge on any atom is -0.360 e. The van der Waals surface area contributed by atoms with Crippen molar-refractivity contribution in [3.63, 3.8) is 0 Å². The molecule has 0 fully saturated rings. The highest BCUT2D eigenvalue weighted by molar-refractivity contribution is 6.23. The van der Waals surface area contributed by atoms with Gasteiger partial charge < -0.3 is 9.97 Å². The van der Waals surface area contributed by atoms with E-state index in [0.717, 1.165) is 52.8 Å². The second-order valence-corrected chi connectivity index (χ2v) is 7.98. The van der Waals surface area contributed by atoms with Crippen molar-refractivity contribution in [1.29, 1.82) is 0 Å². The number of rotatable bonds is 5. The molecule has 0 atom stereocenters. The molecule has 3 aromatic rings. The number of alkyl halides is 3. The SMILES string of the molecule is B/C(C)=C/c1c(-c2nc(C3=CCCC=C3)c(-c3cccc(C(F)(F)F)c3)[nH]2)c[nH]c1C=C. The van der Waals surface area contributed by atoms with E-state index in [2.05, 4.69) is 28.7 Å². The molecule has 0 saturated carbocycles. The first-order valence-electron chi connectivity index (χ1n) is 10.4. The molecule has 0 radical (unpaired) electrons. The molecule has 3 nitrogen and oxygen atoms in total. The Morgan fingerprint density at radius 2 is 2.06 bits per heavy atom. The number of imidazole rings is 1. The van der Waals surface area contributed by atoms with E-state index in [1.807, 2.05) is 33.1 Å². The quantitative estimate of drug-likeness (QED) is 0.446. The summed E-state index contributed by atoms with van der Waals surface area (Å²) >= 11 is 0. The zero-order valence-corrected chi connectivity index (χ0v) is 18.0. The van der Waals surface area contributed by atoms with Gasteiger partial charge in [-0.2, -0.15) is 13.2 Å². The van der Waals surface area contributed by atoms with Crippen molar-refractivity contribution in [2.24, 2.45) is 0 Å². The van der Waals surface area contributed by atoms with E-state index in [1.54, 1.807) is 12.1 Å². The summed E-state index contributed by atoms with van der Waals surface area (Å²) in [6, 6.07) is 5.34. The van der Waals surface area contributed by atoms with Gasteiger partial charge >= 0.3 is 6.18 Å². The van der Waals surface area contributed by atoms with Gasteiger partial charge in [0.1, 0.15) is 13.7 Å². The standard InChI is InChI=1S/C25H23BF3N3/c1-3-21-19(12-15(2)26)20(14-30-21)24-31-22(16-8-5-4-6-9-16)23(32-24)17-10-7-11-18(13-17)25(27,28)29/h3,5,7-14,30H,1,4,6,26H2,2H3,(H,31,32)/b15-12+. The van der Waals surface area contributed by atoms with Crippen LogP contribution in [-0.2, 0) is 6.18 Å². The van der Waals surface area contributed by atoms with Crippen LogP contribution in [0.3, 0.4) is 0 Å². The first-order valence-corrected chi connectivity index (χ1v) is 10.4. The monoisotopic (exact) mass is 433 g/mol. The molecule has 0 amide bonds. The Balaban J connectivity index is 1.92. The summed E-state index contributed by atoms with van der Waals surface area (Å²) in [7, 11) is 2.00. The van der Waals surface area contributed by atoms with Crippen LogP contribution >= 0.6 is 0 Å². The van der Waals surface area contributed by atoms with Crippen molar-refractivity contribution in [3.05, 3.63) is 83.3 Å². The van der Waals surface area contributed by atoms with Crippen LogP contribution < -0.4 is 0 Å². The molecule has 2 aromatic heterocycles. The van der Waals surface area contributed by atoms with Gasteiger partial charge in [0.15, 0.2) is 0 Å². The van der Waals surface area contributed by atoms with Crippen molar-refractivity contribution >= 4 is 25.6 Å². The van der Waals surface area contributed by atoms with E-state index < -0.39 is 11.7 Å². The predicted octanol–water partition coefficient (Wildman–Crippen LogP) is 6.46. The lowest BCUT2D eigenvalue weighted by Crippen LogP contribution is -2.04. The second-order valence-electron chi connectivity index (χ2n) is 7.98. The molecule has 1 aliphatic carbocycles. The van der Waals surface area contributed by atoms with Gasteiger partial charge in [-0.15, -0.1) is 5.47 Å². The third kappa shape index (κ3) is 4.28. The molecule has 1 aliphatic rings. The van der Waals surface area contributed by atoms with Crippen LogP contribution in [0.2, 0.25) is 0 Å². The lowest BCUT2D eigenvalue weighted by Gasteiger charge is -2.10. The molecule has 7 heteroatoms. The van der Waals surface area contributed by atoms with Crippen LogP contribution in [0.25, 0.3) is 40.4 Å². The summed E-state index contributed by atoms with van der Waals surface area (Å²) in [6.45, 7) is 5.87. The van der Waals surface area contributed by atoms with Crippen LogP contribution in [-0.4, -0.2) is 22.8 Å². The van der Waals surface area contributed by atoms with Gasteiger partial charge in [-0.3, -0.25) is 0 Å². The molecule has 1 aromatic carbocycles. The zero-order chi connectivity index (χ0) is 22.9. The summed E-state index contributed by atoms with van der Waals surface area (Å²) in [5.74, 6) is 0.587. The first kappa shape index (κ1) is 21.7. The van der Waals surface area contributed by atoms with Crippen molar-refractivity contribution in [1.82, 2.24) is 15.0 Å². The number of aromatic amines is 2. The number of hydrogen-bond donors (Lipinski definition) is 2. The maximum atomic E-state index is 13.4. The molecule has 0 bridgehead atoms. The average Bonchev–Trinajstić information content (AvgIpc) is 3.37. The molecule has 0 aliphatic heterocycles. The molecule has 32 heavy (non-hydrogen) atoms. The molecule has 0 saturated heterocycles. The molecule has 2 N–H and O–H groups in total. The summed E-state index contributed by atoms with van der Waals surface area (Å²) in [6.07, 6.45) is 9.10. The number of H-pyrrole nitrogens is 2. The van der Waals surface area contributed by atoms with Crippen LogP contribution in [0, 0.1) is 0 Å². The third-order valence-electron chi connectivity index (χ3n) is 5.30. The van der Waals surface area contributed by atoms with E-state index >= 15 is 0 Å². The lowest BCUT2D eigenvalue weighted by molar-refractivity contribution is -0.137. The predicted molar refractivity (Wildman–Crippen MR) is 127 cm³/mol. The molecule has 2 heterocycles. The lowest BCUT2D eigenvalue weighted by atomic mass is 9.94. The van der Waals surface area contributed by atoms with Crippen molar-refractivity contribution in [2.75, 3.05) is 0 Å². The topological polar surface area (TPSA) is 44.5 Å². The maximum Gasteiger partial charge on any atom is 0.416 e. The Hall–Kier alpha value is -3.48. The largest absolute Gasteiger partial charge is 0.416 e. The Morgan fingerprint density at radius 3 is 2.72 bits per heavy atom. The molecule has 4 rings (SSSR count). The Labute approximate surface area is 185 Å². The first-order chi connectivity index (χ1) is 15.3. The fourth-order valence-corrected chi connectivity index (χ4v) is 3.82. The van der Waals surface area contributed by atoms with E-state index in [0.29, 0.717) is 22.8 Å². The van der Waals surface area contributed by atoms with Crippen molar-refractivity contribution < 1.29 is 13.2 Å². The van der Waals surface area contributed by atoms with Crippen LogP contribution in [0.1, 0.15) is 42.3 Å². The summed E-state index contributed by atoms with van der Waals surface area (Å²) in [5.41, 5.74) is 5.59.